The van der Waals surface area contributed by atoms with Crippen molar-refractivity contribution < 1.29 is 0 Å². The molecule has 1 fully saturated rings. The first kappa shape index (κ1) is 19.9. The standard InChI is InChI=1S/C21H30ClN5/c1-3-27(15-7-14-26-12-5-4-6-13-26)20-16-17(2)23-21(25-20)24-19-10-8-18(22)9-11-19/h8-11,16H,3-7,12-15H2,1-2H3,(H,23,24,25). The maximum atomic E-state index is 5.96. The van der Waals surface area contributed by atoms with Crippen LogP contribution >= 0.6 is 11.6 Å². The third-order valence-corrected chi connectivity index (χ3v) is 5.25. The molecule has 1 aromatic carbocycles. The maximum absolute atomic E-state index is 5.96. The molecule has 1 aromatic heterocycles. The lowest BCUT2D eigenvalue weighted by molar-refractivity contribution is 0.227. The molecule has 1 N–H and O–H groups in total. The van der Waals surface area contributed by atoms with Crippen LogP contribution in [-0.4, -0.2) is 47.6 Å². The monoisotopic (exact) mass is 387 g/mol. The van der Waals surface area contributed by atoms with Gasteiger partial charge >= 0.3 is 0 Å². The summed E-state index contributed by atoms with van der Waals surface area (Å²) in [5.74, 6) is 1.61. The number of hydrogen-bond acceptors (Lipinski definition) is 5. The van der Waals surface area contributed by atoms with Gasteiger partial charge in [-0.3, -0.25) is 0 Å². The van der Waals surface area contributed by atoms with Crippen LogP contribution in [0.4, 0.5) is 17.5 Å². The molecule has 3 rings (SSSR count). The van der Waals surface area contributed by atoms with E-state index < -0.39 is 0 Å². The molecule has 6 heteroatoms. The Labute approximate surface area is 167 Å². The van der Waals surface area contributed by atoms with Crippen LogP contribution in [0.2, 0.25) is 5.02 Å². The number of anilines is 3. The predicted octanol–water partition coefficient (Wildman–Crippen LogP) is 4.88. The van der Waals surface area contributed by atoms with E-state index in [0.29, 0.717) is 5.95 Å². The first-order chi connectivity index (χ1) is 13.1. The highest BCUT2D eigenvalue weighted by molar-refractivity contribution is 6.30. The van der Waals surface area contributed by atoms with Gasteiger partial charge in [0.25, 0.3) is 0 Å². The fraction of sp³-hybridized carbons (Fsp3) is 0.524. The number of nitrogens with one attached hydrogen (secondary N) is 1. The molecule has 1 aliphatic rings. The molecule has 0 atom stereocenters. The van der Waals surface area contributed by atoms with Crippen molar-refractivity contribution in [2.75, 3.05) is 42.9 Å². The van der Waals surface area contributed by atoms with E-state index in [1.54, 1.807) is 0 Å². The zero-order chi connectivity index (χ0) is 19.1. The van der Waals surface area contributed by atoms with Crippen molar-refractivity contribution in [2.45, 2.75) is 39.5 Å². The quantitative estimate of drug-likeness (QED) is 0.699. The van der Waals surface area contributed by atoms with Gasteiger partial charge in [0.1, 0.15) is 5.82 Å². The van der Waals surface area contributed by atoms with E-state index in [-0.39, 0.29) is 0 Å². The summed E-state index contributed by atoms with van der Waals surface area (Å²) in [7, 11) is 0. The summed E-state index contributed by atoms with van der Waals surface area (Å²) in [6.45, 7) is 9.85. The molecular weight excluding hydrogens is 358 g/mol. The Morgan fingerprint density at radius 2 is 1.85 bits per heavy atom. The number of aromatic nitrogens is 2. The molecular formula is C21H30ClN5. The molecule has 27 heavy (non-hydrogen) atoms. The van der Waals surface area contributed by atoms with Gasteiger partial charge in [-0.2, -0.15) is 4.98 Å². The van der Waals surface area contributed by atoms with Crippen LogP contribution in [0.1, 0.15) is 38.3 Å². The minimum atomic E-state index is 0.627. The molecule has 1 aliphatic heterocycles. The van der Waals surface area contributed by atoms with Crippen molar-refractivity contribution in [3.63, 3.8) is 0 Å². The van der Waals surface area contributed by atoms with Crippen molar-refractivity contribution in [3.05, 3.63) is 41.0 Å². The minimum absolute atomic E-state index is 0.627. The number of rotatable bonds is 8. The first-order valence-electron chi connectivity index (χ1n) is 9.99. The van der Waals surface area contributed by atoms with Gasteiger partial charge in [0.15, 0.2) is 0 Å². The topological polar surface area (TPSA) is 44.3 Å². The van der Waals surface area contributed by atoms with Gasteiger partial charge in [0.05, 0.1) is 0 Å². The lowest BCUT2D eigenvalue weighted by atomic mass is 10.1. The van der Waals surface area contributed by atoms with Gasteiger partial charge in [-0.25, -0.2) is 4.98 Å². The second-order valence-electron chi connectivity index (χ2n) is 7.16. The number of nitrogens with zero attached hydrogens (tertiary/aromatic N) is 4. The first-order valence-corrected chi connectivity index (χ1v) is 10.4. The van der Waals surface area contributed by atoms with Crippen LogP contribution in [0.3, 0.4) is 0 Å². The second kappa shape index (κ2) is 9.90. The van der Waals surface area contributed by atoms with Crippen LogP contribution in [0.15, 0.2) is 30.3 Å². The average Bonchev–Trinajstić information content (AvgIpc) is 2.67. The van der Waals surface area contributed by atoms with Gasteiger partial charge in [-0.15, -0.1) is 0 Å². The van der Waals surface area contributed by atoms with Crippen LogP contribution in [0.5, 0.6) is 0 Å². The van der Waals surface area contributed by atoms with Gasteiger partial charge < -0.3 is 15.1 Å². The Hall–Kier alpha value is -1.85. The molecule has 0 amide bonds. The van der Waals surface area contributed by atoms with E-state index in [9.17, 15) is 0 Å². The fourth-order valence-corrected chi connectivity index (χ4v) is 3.66. The molecule has 0 unspecified atom stereocenters. The molecule has 0 bridgehead atoms. The summed E-state index contributed by atoms with van der Waals surface area (Å²) in [6, 6.07) is 9.66. The largest absolute Gasteiger partial charge is 0.357 e. The van der Waals surface area contributed by atoms with Gasteiger partial charge in [-0.05, 0) is 77.0 Å². The molecule has 0 spiro atoms. The SMILES string of the molecule is CCN(CCCN1CCCCC1)c1cc(C)nc(Nc2ccc(Cl)cc2)n1. The zero-order valence-corrected chi connectivity index (χ0v) is 17.2. The molecule has 5 nitrogen and oxygen atoms in total. The molecule has 146 valence electrons. The van der Waals surface area contributed by atoms with Gasteiger partial charge in [0.2, 0.25) is 5.95 Å². The molecule has 2 heterocycles. The molecule has 0 aliphatic carbocycles. The summed E-state index contributed by atoms with van der Waals surface area (Å²) < 4.78 is 0. The Balaban J connectivity index is 1.62. The van der Waals surface area contributed by atoms with E-state index in [1.165, 1.54) is 38.9 Å². The Morgan fingerprint density at radius 1 is 1.11 bits per heavy atom. The lowest BCUT2D eigenvalue weighted by Crippen LogP contribution is -2.33. The highest BCUT2D eigenvalue weighted by atomic mass is 35.5. The van der Waals surface area contributed by atoms with Gasteiger partial charge in [-0.1, -0.05) is 18.0 Å². The number of likely N-dealkylation sites (tertiary alicyclic amines) is 1. The highest BCUT2D eigenvalue weighted by Crippen LogP contribution is 2.20. The third-order valence-electron chi connectivity index (χ3n) is 5.00. The Bertz CT molecular complexity index is 713. The van der Waals surface area contributed by atoms with Crippen molar-refractivity contribution in [1.82, 2.24) is 14.9 Å². The van der Waals surface area contributed by atoms with Crippen molar-refractivity contribution in [1.29, 1.82) is 0 Å². The summed E-state index contributed by atoms with van der Waals surface area (Å²) in [5, 5.41) is 4.00. The van der Waals surface area contributed by atoms with E-state index in [1.807, 2.05) is 31.2 Å². The number of piperidine rings is 1. The summed E-state index contributed by atoms with van der Waals surface area (Å²) in [4.78, 5) is 14.2. The number of hydrogen-bond donors (Lipinski definition) is 1. The van der Waals surface area contributed by atoms with Crippen LogP contribution < -0.4 is 10.2 Å². The zero-order valence-electron chi connectivity index (χ0n) is 16.4. The lowest BCUT2D eigenvalue weighted by Gasteiger charge is -2.28. The Morgan fingerprint density at radius 3 is 2.56 bits per heavy atom. The number of benzene rings is 1. The average molecular weight is 388 g/mol. The van der Waals surface area contributed by atoms with E-state index in [2.05, 4.69) is 33.1 Å². The maximum Gasteiger partial charge on any atom is 0.229 e. The minimum Gasteiger partial charge on any atom is -0.357 e. The smallest absolute Gasteiger partial charge is 0.229 e. The van der Waals surface area contributed by atoms with Crippen molar-refractivity contribution in [3.8, 4) is 0 Å². The normalized spacial score (nSPS) is 14.9. The summed E-state index contributed by atoms with van der Waals surface area (Å²) in [5.41, 5.74) is 1.90. The van der Waals surface area contributed by atoms with E-state index in [4.69, 9.17) is 16.6 Å². The molecule has 1 saturated heterocycles. The third kappa shape index (κ3) is 6.08. The molecule has 0 radical (unpaired) electrons. The van der Waals surface area contributed by atoms with Crippen molar-refractivity contribution in [2.24, 2.45) is 0 Å². The predicted molar refractivity (Wildman–Crippen MR) is 114 cm³/mol. The number of halogens is 1. The van der Waals surface area contributed by atoms with Gasteiger partial charge in [0, 0.05) is 35.6 Å². The number of aryl methyl sites for hydroxylation is 1. The fourth-order valence-electron chi connectivity index (χ4n) is 3.53. The van der Waals surface area contributed by atoms with Crippen LogP contribution in [-0.2, 0) is 0 Å². The molecule has 0 saturated carbocycles. The van der Waals surface area contributed by atoms with Crippen LogP contribution in [0, 0.1) is 6.92 Å². The molecule has 2 aromatic rings. The highest BCUT2D eigenvalue weighted by Gasteiger charge is 2.12. The Kier molecular flexibility index (Phi) is 7.30. The van der Waals surface area contributed by atoms with Crippen LogP contribution in [0.25, 0.3) is 0 Å². The van der Waals surface area contributed by atoms with E-state index >= 15 is 0 Å². The van der Waals surface area contributed by atoms with Crippen molar-refractivity contribution >= 4 is 29.1 Å². The summed E-state index contributed by atoms with van der Waals surface area (Å²) >= 11 is 5.96. The second-order valence-corrected chi connectivity index (χ2v) is 7.59. The van der Waals surface area contributed by atoms with E-state index in [0.717, 1.165) is 41.7 Å². The summed E-state index contributed by atoms with van der Waals surface area (Å²) in [6.07, 6.45) is 5.25.